The number of halogens is 3. The maximum atomic E-state index is 12.5. The molecule has 8 heteroatoms. The lowest BCUT2D eigenvalue weighted by molar-refractivity contribution is -0.137. The molecule has 2 nitrogen and oxygen atoms in total. The van der Waals surface area contributed by atoms with Crippen LogP contribution in [0, 0.1) is 3.95 Å². The van der Waals surface area contributed by atoms with E-state index >= 15 is 0 Å². The van der Waals surface area contributed by atoms with Gasteiger partial charge in [-0.1, -0.05) is 29.2 Å². The first-order chi connectivity index (χ1) is 7.95. The molecule has 1 heterocycles. The summed E-state index contributed by atoms with van der Waals surface area (Å²) in [5.41, 5.74) is -0.665. The van der Waals surface area contributed by atoms with Crippen LogP contribution < -0.4 is 0 Å². The molecule has 2 aromatic rings. The van der Waals surface area contributed by atoms with Crippen LogP contribution in [-0.2, 0) is 6.18 Å². The van der Waals surface area contributed by atoms with Crippen molar-refractivity contribution in [3.63, 3.8) is 0 Å². The lowest BCUT2D eigenvalue weighted by atomic mass is 10.2. The molecule has 0 spiro atoms. The largest absolute Gasteiger partial charge is 0.416 e. The lowest BCUT2D eigenvalue weighted by Gasteiger charge is -2.07. The van der Waals surface area contributed by atoms with E-state index in [2.05, 4.69) is 10.2 Å². The minimum Gasteiger partial charge on any atom is -0.257 e. The maximum absolute atomic E-state index is 12.5. The van der Waals surface area contributed by atoms with Crippen LogP contribution in [0.25, 0.3) is 0 Å². The van der Waals surface area contributed by atoms with Gasteiger partial charge >= 0.3 is 6.18 Å². The minimum atomic E-state index is -4.32. The number of aromatic amines is 1. The van der Waals surface area contributed by atoms with Crippen molar-refractivity contribution in [2.24, 2.45) is 0 Å². The quantitative estimate of drug-likeness (QED) is 0.834. The Morgan fingerprint density at radius 1 is 1.35 bits per heavy atom. The number of H-pyrrole nitrogens is 1. The van der Waals surface area contributed by atoms with E-state index in [-0.39, 0.29) is 0 Å². The highest BCUT2D eigenvalue weighted by Gasteiger charge is 2.30. The van der Waals surface area contributed by atoms with Crippen LogP contribution in [-0.4, -0.2) is 10.2 Å². The normalized spacial score (nSPS) is 11.7. The zero-order chi connectivity index (χ0) is 12.5. The van der Waals surface area contributed by atoms with E-state index < -0.39 is 11.7 Å². The van der Waals surface area contributed by atoms with Gasteiger partial charge in [0.2, 0.25) is 0 Å². The first-order valence-electron chi connectivity index (χ1n) is 4.36. The minimum absolute atomic E-state index is 0.484. The van der Waals surface area contributed by atoms with Gasteiger partial charge in [-0.25, -0.2) is 0 Å². The Labute approximate surface area is 108 Å². The molecule has 1 aromatic carbocycles. The van der Waals surface area contributed by atoms with Crippen LogP contribution in [0.3, 0.4) is 0 Å². The molecule has 2 rings (SSSR count). The highest BCUT2D eigenvalue weighted by molar-refractivity contribution is 8.01. The molecule has 0 aliphatic heterocycles. The highest BCUT2D eigenvalue weighted by atomic mass is 32.2. The summed E-state index contributed by atoms with van der Waals surface area (Å²) in [6, 6.07) is 5.10. The number of alkyl halides is 3. The number of benzene rings is 1. The van der Waals surface area contributed by atoms with E-state index in [1.807, 2.05) is 0 Å². The monoisotopic (exact) mass is 294 g/mol. The van der Waals surface area contributed by atoms with Crippen LogP contribution in [0.5, 0.6) is 0 Å². The van der Waals surface area contributed by atoms with E-state index in [0.29, 0.717) is 13.2 Å². The summed E-state index contributed by atoms with van der Waals surface area (Å²) >= 11 is 7.22. The third-order valence-electron chi connectivity index (χ3n) is 1.79. The van der Waals surface area contributed by atoms with E-state index in [9.17, 15) is 13.2 Å². The van der Waals surface area contributed by atoms with Crippen molar-refractivity contribution >= 4 is 35.3 Å². The first-order valence-corrected chi connectivity index (χ1v) is 6.40. The van der Waals surface area contributed by atoms with Crippen LogP contribution >= 0.6 is 35.3 Å². The van der Waals surface area contributed by atoms with Crippen molar-refractivity contribution in [3.8, 4) is 0 Å². The molecular weight excluding hydrogens is 289 g/mol. The Kier molecular flexibility index (Phi) is 3.55. The van der Waals surface area contributed by atoms with E-state index in [0.717, 1.165) is 23.9 Å². The second-order valence-electron chi connectivity index (χ2n) is 3.01. The Hall–Kier alpha value is -0.860. The maximum Gasteiger partial charge on any atom is 0.416 e. The van der Waals surface area contributed by atoms with Crippen molar-refractivity contribution < 1.29 is 13.2 Å². The topological polar surface area (TPSA) is 28.7 Å². The van der Waals surface area contributed by atoms with Crippen molar-refractivity contribution in [3.05, 3.63) is 33.8 Å². The molecule has 0 fully saturated rings. The average molecular weight is 294 g/mol. The molecule has 0 bridgehead atoms. The zero-order valence-corrected chi connectivity index (χ0v) is 10.6. The van der Waals surface area contributed by atoms with Gasteiger partial charge in [-0.3, -0.25) is 5.10 Å². The van der Waals surface area contributed by atoms with Gasteiger partial charge < -0.3 is 0 Å². The third-order valence-corrected chi connectivity index (χ3v) is 3.92. The van der Waals surface area contributed by atoms with Crippen LogP contribution in [0.2, 0.25) is 0 Å². The molecule has 0 unspecified atom stereocenters. The first kappa shape index (κ1) is 12.6. The van der Waals surface area contributed by atoms with Gasteiger partial charge in [0, 0.05) is 4.90 Å². The fourth-order valence-corrected chi connectivity index (χ4v) is 3.21. The second kappa shape index (κ2) is 4.79. The van der Waals surface area contributed by atoms with Gasteiger partial charge in [-0.2, -0.15) is 18.3 Å². The summed E-state index contributed by atoms with van der Waals surface area (Å²) in [4.78, 5) is 0.484. The average Bonchev–Trinajstić information content (AvgIpc) is 2.63. The number of hydrogen-bond acceptors (Lipinski definition) is 4. The molecular formula is C9H5F3N2S3. The van der Waals surface area contributed by atoms with Crippen molar-refractivity contribution in [2.45, 2.75) is 15.4 Å². The van der Waals surface area contributed by atoms with Crippen molar-refractivity contribution in [1.82, 2.24) is 10.2 Å². The molecule has 0 amide bonds. The molecule has 0 atom stereocenters. The van der Waals surface area contributed by atoms with Crippen molar-refractivity contribution in [2.75, 3.05) is 0 Å². The third kappa shape index (κ3) is 3.30. The Morgan fingerprint density at radius 3 is 2.71 bits per heavy atom. The van der Waals surface area contributed by atoms with E-state index in [1.54, 1.807) is 6.07 Å². The standard InChI is InChI=1S/C9H5F3N2S3/c10-9(11,12)5-2-1-3-6(4-5)16-8-14-13-7(15)17-8/h1-4H,(H,13,15). The molecule has 1 N–H and O–H groups in total. The zero-order valence-electron chi connectivity index (χ0n) is 8.12. The van der Waals surface area contributed by atoms with Crippen LogP contribution in [0.15, 0.2) is 33.5 Å². The molecule has 0 radical (unpaired) electrons. The summed E-state index contributed by atoms with van der Waals surface area (Å²) in [7, 11) is 0. The van der Waals surface area contributed by atoms with Gasteiger partial charge in [-0.15, -0.1) is 0 Å². The SMILES string of the molecule is FC(F)(F)c1cccc(Sc2n[nH]c(=S)s2)c1. The number of rotatable bonds is 2. The van der Waals surface area contributed by atoms with Crippen molar-refractivity contribution in [1.29, 1.82) is 0 Å². The molecule has 17 heavy (non-hydrogen) atoms. The predicted molar refractivity (Wildman–Crippen MR) is 62.9 cm³/mol. The molecule has 0 aliphatic rings. The van der Waals surface area contributed by atoms with E-state index in [1.165, 1.54) is 17.4 Å². The Balaban J connectivity index is 2.25. The van der Waals surface area contributed by atoms with Gasteiger partial charge in [-0.05, 0) is 30.4 Å². The fraction of sp³-hybridized carbons (Fsp3) is 0.111. The summed E-state index contributed by atoms with van der Waals surface area (Å²) in [5.74, 6) is 0. The predicted octanol–water partition coefficient (Wildman–Crippen LogP) is 4.37. The summed E-state index contributed by atoms with van der Waals surface area (Å²) in [6.45, 7) is 0. The lowest BCUT2D eigenvalue weighted by Crippen LogP contribution is -2.04. The van der Waals surface area contributed by atoms with Gasteiger partial charge in [0.05, 0.1) is 5.56 Å². The van der Waals surface area contributed by atoms with Gasteiger partial charge in [0.25, 0.3) is 0 Å². The number of nitrogens with one attached hydrogen (secondary N) is 1. The summed E-state index contributed by atoms with van der Waals surface area (Å²) in [6.07, 6.45) is -4.32. The molecule has 0 saturated heterocycles. The molecule has 0 saturated carbocycles. The number of nitrogens with zero attached hydrogens (tertiary/aromatic N) is 1. The number of hydrogen-bond donors (Lipinski definition) is 1. The smallest absolute Gasteiger partial charge is 0.257 e. The fourth-order valence-electron chi connectivity index (χ4n) is 1.10. The second-order valence-corrected chi connectivity index (χ2v) is 5.99. The summed E-state index contributed by atoms with van der Waals surface area (Å²) in [5, 5.41) is 6.45. The molecule has 1 aromatic heterocycles. The Morgan fingerprint density at radius 2 is 2.12 bits per heavy atom. The van der Waals surface area contributed by atoms with E-state index in [4.69, 9.17) is 12.2 Å². The highest BCUT2D eigenvalue weighted by Crippen LogP contribution is 2.34. The van der Waals surface area contributed by atoms with Crippen LogP contribution in [0.1, 0.15) is 5.56 Å². The molecule has 90 valence electrons. The summed E-state index contributed by atoms with van der Waals surface area (Å²) < 4.78 is 38.5. The van der Waals surface area contributed by atoms with Gasteiger partial charge in [0.15, 0.2) is 8.29 Å². The van der Waals surface area contributed by atoms with Gasteiger partial charge in [0.1, 0.15) is 0 Å². The van der Waals surface area contributed by atoms with Crippen LogP contribution in [0.4, 0.5) is 13.2 Å². The Bertz CT molecular complexity index is 573. The molecule has 0 aliphatic carbocycles. The number of aromatic nitrogens is 2.